The molecule has 10 rings (SSSR count). The van der Waals surface area contributed by atoms with E-state index in [1.165, 1.54) is 54.6 Å². The molecule has 0 bridgehead atoms. The molecule has 0 amide bonds. The van der Waals surface area contributed by atoms with Crippen LogP contribution in [0, 0.1) is 0 Å². The largest absolute Gasteiger partial charge is 0.208 e. The molecular formula is C51H33N3. The maximum Gasteiger partial charge on any atom is 0.164 e. The van der Waals surface area contributed by atoms with Gasteiger partial charge in [-0.2, -0.15) is 0 Å². The summed E-state index contributed by atoms with van der Waals surface area (Å²) in [5, 5.41) is 7.52. The third-order valence-corrected chi connectivity index (χ3v) is 10.3. The molecule has 54 heavy (non-hydrogen) atoms. The SMILES string of the molecule is c1ccc(-c2nc(-c3ccccc3)nc(-c3ccc(-c4ccc(-c5c6ccccc6c(-c6cccc7ccccc67)c6ccccc56)cc4)cc3)n2)cc1. The quantitative estimate of drug-likeness (QED) is 0.163. The Kier molecular flexibility index (Phi) is 7.81. The molecule has 1 aromatic heterocycles. The van der Waals surface area contributed by atoms with Crippen LogP contribution in [0.2, 0.25) is 0 Å². The van der Waals surface area contributed by atoms with Crippen molar-refractivity contribution < 1.29 is 0 Å². The van der Waals surface area contributed by atoms with Gasteiger partial charge in [-0.1, -0.05) is 200 Å². The number of nitrogens with zero attached hydrogens (tertiary/aromatic N) is 3. The predicted octanol–water partition coefficient (Wildman–Crippen LogP) is 13.3. The zero-order chi connectivity index (χ0) is 35.8. The number of aromatic nitrogens is 3. The molecule has 3 heteroatoms. The number of hydrogen-bond donors (Lipinski definition) is 0. The molecular weight excluding hydrogens is 655 g/mol. The average Bonchev–Trinajstić information content (AvgIpc) is 3.26. The molecule has 252 valence electrons. The van der Waals surface area contributed by atoms with Crippen molar-refractivity contribution in [2.75, 3.05) is 0 Å². The van der Waals surface area contributed by atoms with Gasteiger partial charge in [-0.15, -0.1) is 0 Å². The van der Waals surface area contributed by atoms with E-state index < -0.39 is 0 Å². The van der Waals surface area contributed by atoms with Crippen molar-refractivity contribution in [3.05, 3.63) is 200 Å². The molecule has 0 fully saturated rings. The van der Waals surface area contributed by atoms with Crippen LogP contribution < -0.4 is 0 Å². The highest BCUT2D eigenvalue weighted by atomic mass is 15.0. The first kappa shape index (κ1) is 31.5. The predicted molar refractivity (Wildman–Crippen MR) is 225 cm³/mol. The maximum atomic E-state index is 4.91. The second-order valence-electron chi connectivity index (χ2n) is 13.6. The van der Waals surface area contributed by atoms with E-state index in [4.69, 9.17) is 15.0 Å². The van der Waals surface area contributed by atoms with E-state index in [0.29, 0.717) is 17.5 Å². The number of hydrogen-bond acceptors (Lipinski definition) is 3. The molecule has 0 N–H and O–H groups in total. The topological polar surface area (TPSA) is 38.7 Å². The lowest BCUT2D eigenvalue weighted by Gasteiger charge is -2.19. The van der Waals surface area contributed by atoms with E-state index >= 15 is 0 Å². The van der Waals surface area contributed by atoms with Gasteiger partial charge in [0.1, 0.15) is 0 Å². The first-order valence-electron chi connectivity index (χ1n) is 18.3. The summed E-state index contributed by atoms with van der Waals surface area (Å²) in [6.07, 6.45) is 0. The summed E-state index contributed by atoms with van der Waals surface area (Å²) in [7, 11) is 0. The van der Waals surface area contributed by atoms with Crippen LogP contribution in [0.4, 0.5) is 0 Å². The maximum absolute atomic E-state index is 4.91. The smallest absolute Gasteiger partial charge is 0.164 e. The van der Waals surface area contributed by atoms with E-state index in [-0.39, 0.29) is 0 Å². The molecule has 3 nitrogen and oxygen atoms in total. The lowest BCUT2D eigenvalue weighted by Crippen LogP contribution is -2.00. The highest BCUT2D eigenvalue weighted by molar-refractivity contribution is 6.23. The van der Waals surface area contributed by atoms with Gasteiger partial charge < -0.3 is 0 Å². The van der Waals surface area contributed by atoms with E-state index in [0.717, 1.165) is 27.8 Å². The van der Waals surface area contributed by atoms with Crippen molar-refractivity contribution in [3.63, 3.8) is 0 Å². The van der Waals surface area contributed by atoms with Gasteiger partial charge in [-0.25, -0.2) is 15.0 Å². The van der Waals surface area contributed by atoms with Crippen LogP contribution in [-0.2, 0) is 0 Å². The fourth-order valence-corrected chi connectivity index (χ4v) is 7.75. The molecule has 0 aliphatic heterocycles. The molecule has 0 spiro atoms. The number of fused-ring (bicyclic) bond motifs is 3. The molecule has 10 aromatic rings. The van der Waals surface area contributed by atoms with E-state index in [9.17, 15) is 0 Å². The van der Waals surface area contributed by atoms with Crippen LogP contribution in [0.5, 0.6) is 0 Å². The zero-order valence-electron chi connectivity index (χ0n) is 29.4. The number of rotatable bonds is 6. The van der Waals surface area contributed by atoms with Gasteiger partial charge in [0.25, 0.3) is 0 Å². The lowest BCUT2D eigenvalue weighted by molar-refractivity contribution is 1.07. The molecule has 9 aromatic carbocycles. The van der Waals surface area contributed by atoms with Gasteiger partial charge in [0, 0.05) is 16.7 Å². The normalized spacial score (nSPS) is 11.3. The Balaban J connectivity index is 1.04. The molecule has 0 aliphatic rings. The van der Waals surface area contributed by atoms with Crippen molar-refractivity contribution >= 4 is 32.3 Å². The third-order valence-electron chi connectivity index (χ3n) is 10.3. The molecule has 0 unspecified atom stereocenters. The average molecular weight is 688 g/mol. The summed E-state index contributed by atoms with van der Waals surface area (Å²) >= 11 is 0. The van der Waals surface area contributed by atoms with Crippen LogP contribution in [0.3, 0.4) is 0 Å². The highest BCUT2D eigenvalue weighted by Crippen LogP contribution is 2.45. The van der Waals surface area contributed by atoms with Gasteiger partial charge in [-0.3, -0.25) is 0 Å². The second-order valence-corrected chi connectivity index (χ2v) is 13.6. The van der Waals surface area contributed by atoms with Gasteiger partial charge in [0.05, 0.1) is 0 Å². The summed E-state index contributed by atoms with van der Waals surface area (Å²) in [6, 6.07) is 70.7. The Morgan fingerprint density at radius 1 is 0.222 bits per heavy atom. The summed E-state index contributed by atoms with van der Waals surface area (Å²) in [5.41, 5.74) is 10.1. The van der Waals surface area contributed by atoms with Gasteiger partial charge in [0.2, 0.25) is 0 Å². The Morgan fingerprint density at radius 3 is 1.07 bits per heavy atom. The minimum atomic E-state index is 0.648. The first-order chi connectivity index (χ1) is 26.8. The summed E-state index contributed by atoms with van der Waals surface area (Å²) in [4.78, 5) is 14.7. The second kappa shape index (κ2) is 13.4. The van der Waals surface area contributed by atoms with Crippen molar-refractivity contribution in [1.82, 2.24) is 15.0 Å². The van der Waals surface area contributed by atoms with E-state index in [1.807, 2.05) is 60.7 Å². The number of benzene rings is 9. The van der Waals surface area contributed by atoms with Crippen LogP contribution in [0.15, 0.2) is 200 Å². The highest BCUT2D eigenvalue weighted by Gasteiger charge is 2.18. The van der Waals surface area contributed by atoms with Crippen molar-refractivity contribution in [1.29, 1.82) is 0 Å². The van der Waals surface area contributed by atoms with Crippen LogP contribution in [0.1, 0.15) is 0 Å². The molecule has 1 heterocycles. The Bertz CT molecular complexity index is 2830. The van der Waals surface area contributed by atoms with Gasteiger partial charge in [0.15, 0.2) is 17.5 Å². The fraction of sp³-hybridized carbons (Fsp3) is 0. The van der Waals surface area contributed by atoms with Crippen LogP contribution in [-0.4, -0.2) is 15.0 Å². The Morgan fingerprint density at radius 2 is 0.574 bits per heavy atom. The van der Waals surface area contributed by atoms with Crippen LogP contribution >= 0.6 is 0 Å². The minimum absolute atomic E-state index is 0.648. The minimum Gasteiger partial charge on any atom is -0.208 e. The molecule has 0 radical (unpaired) electrons. The van der Waals surface area contributed by atoms with Crippen LogP contribution in [0.25, 0.3) is 99.9 Å². The standard InChI is InChI=1S/C51H33N3/c1-3-15-38(16-4-1)49-52-50(39-17-5-2-6-18-39)54-51(53-49)40-32-28-35(29-33-40)34-26-30-37(31-27-34)47-43-21-9-11-23-45(43)48(46-24-12-10-22-44(46)47)42-25-13-19-36-14-7-8-20-41(36)42/h1-33H. The third kappa shape index (κ3) is 5.60. The van der Waals surface area contributed by atoms with Crippen molar-refractivity contribution in [2.45, 2.75) is 0 Å². The molecule has 0 saturated heterocycles. The molecule has 0 aliphatic carbocycles. The van der Waals surface area contributed by atoms with Gasteiger partial charge in [-0.05, 0) is 65.7 Å². The zero-order valence-corrected chi connectivity index (χ0v) is 29.4. The summed E-state index contributed by atoms with van der Waals surface area (Å²) < 4.78 is 0. The molecule has 0 saturated carbocycles. The Labute approximate surface area is 313 Å². The summed E-state index contributed by atoms with van der Waals surface area (Å²) in [6.45, 7) is 0. The molecule has 0 atom stereocenters. The Hall–Kier alpha value is -7.23. The van der Waals surface area contributed by atoms with Gasteiger partial charge >= 0.3 is 0 Å². The van der Waals surface area contributed by atoms with Crippen molar-refractivity contribution in [2.24, 2.45) is 0 Å². The summed E-state index contributed by atoms with van der Waals surface area (Å²) in [5.74, 6) is 1.96. The lowest BCUT2D eigenvalue weighted by atomic mass is 9.84. The van der Waals surface area contributed by atoms with Crippen molar-refractivity contribution in [3.8, 4) is 67.5 Å². The monoisotopic (exact) mass is 687 g/mol. The van der Waals surface area contributed by atoms with E-state index in [2.05, 4.69) is 140 Å². The fourth-order valence-electron chi connectivity index (χ4n) is 7.75. The van der Waals surface area contributed by atoms with E-state index in [1.54, 1.807) is 0 Å². The first-order valence-corrected chi connectivity index (χ1v) is 18.3.